The zero-order chi connectivity index (χ0) is 23.5. The molecule has 0 aliphatic rings. The first kappa shape index (κ1) is 22.2. The van der Waals surface area contributed by atoms with E-state index in [0.29, 0.717) is 28.4 Å². The molecular weight excluding hydrogens is 440 g/mol. The lowest BCUT2D eigenvalue weighted by atomic mass is 9.97. The van der Waals surface area contributed by atoms with E-state index in [9.17, 15) is 14.4 Å². The number of esters is 2. The van der Waals surface area contributed by atoms with E-state index in [2.05, 4.69) is 0 Å². The highest BCUT2D eigenvalue weighted by Gasteiger charge is 2.22. The van der Waals surface area contributed by atoms with E-state index >= 15 is 0 Å². The Balaban J connectivity index is 1.85. The van der Waals surface area contributed by atoms with Crippen LogP contribution in [-0.2, 0) is 9.59 Å². The number of ketones is 1. The van der Waals surface area contributed by atoms with E-state index in [1.54, 1.807) is 73.8 Å². The Kier molecular flexibility index (Phi) is 6.24. The number of fused-ring (bicyclic) bond motifs is 1. The molecule has 0 aliphatic carbocycles. The van der Waals surface area contributed by atoms with Crippen LogP contribution in [-0.4, -0.2) is 24.8 Å². The van der Waals surface area contributed by atoms with Crippen LogP contribution in [0.25, 0.3) is 20.5 Å². The molecule has 0 fully saturated rings. The lowest BCUT2D eigenvalue weighted by Gasteiger charge is -2.07. The van der Waals surface area contributed by atoms with E-state index in [0.717, 1.165) is 20.5 Å². The highest BCUT2D eigenvalue weighted by molar-refractivity contribution is 7.22. The van der Waals surface area contributed by atoms with Crippen LogP contribution in [0.3, 0.4) is 0 Å². The molecule has 6 nitrogen and oxygen atoms in total. The number of carbonyl (C=O) groups excluding carboxylic acids is 3. The molecule has 0 bridgehead atoms. The Morgan fingerprint density at radius 2 is 1.30 bits per heavy atom. The molecule has 0 radical (unpaired) electrons. The highest BCUT2D eigenvalue weighted by atomic mass is 32.1. The molecule has 0 saturated carbocycles. The van der Waals surface area contributed by atoms with Gasteiger partial charge in [0.2, 0.25) is 0 Å². The average molecular weight is 461 g/mol. The van der Waals surface area contributed by atoms with E-state index in [1.807, 2.05) is 0 Å². The predicted octanol–water partition coefficient (Wildman–Crippen LogP) is 5.66. The Bertz CT molecular complexity index is 1350. The lowest BCUT2D eigenvalue weighted by molar-refractivity contribution is -0.132. The third kappa shape index (κ3) is 4.78. The quantitative estimate of drug-likeness (QED) is 0.210. The monoisotopic (exact) mass is 460 g/mol. The molecule has 0 spiro atoms. The van der Waals surface area contributed by atoms with Gasteiger partial charge in [0.1, 0.15) is 17.2 Å². The smallest absolute Gasteiger partial charge is 0.308 e. The molecular formula is C26H20O6S. The highest BCUT2D eigenvalue weighted by Crippen LogP contribution is 2.41. The Labute approximate surface area is 194 Å². The molecule has 3 aromatic carbocycles. The zero-order valence-corrected chi connectivity index (χ0v) is 19.0. The maximum atomic E-state index is 13.6. The number of carbonyl (C=O) groups is 3. The van der Waals surface area contributed by atoms with Gasteiger partial charge in [-0.3, -0.25) is 14.4 Å². The van der Waals surface area contributed by atoms with Gasteiger partial charge >= 0.3 is 11.9 Å². The number of ether oxygens (including phenoxy) is 3. The van der Waals surface area contributed by atoms with Crippen molar-refractivity contribution >= 4 is 39.1 Å². The molecule has 0 aliphatic heterocycles. The zero-order valence-electron chi connectivity index (χ0n) is 18.2. The number of methoxy groups -OCH3 is 1. The minimum absolute atomic E-state index is 0.136. The molecule has 166 valence electrons. The lowest BCUT2D eigenvalue weighted by Crippen LogP contribution is -2.03. The topological polar surface area (TPSA) is 78.9 Å². The van der Waals surface area contributed by atoms with Crippen LogP contribution in [0.1, 0.15) is 29.8 Å². The second-order valence-corrected chi connectivity index (χ2v) is 8.29. The summed E-state index contributed by atoms with van der Waals surface area (Å²) in [6, 6.07) is 19.1. The largest absolute Gasteiger partial charge is 0.497 e. The van der Waals surface area contributed by atoms with Gasteiger partial charge in [0.05, 0.1) is 7.11 Å². The molecule has 0 unspecified atom stereocenters. The predicted molar refractivity (Wildman–Crippen MR) is 126 cm³/mol. The van der Waals surface area contributed by atoms with Gasteiger partial charge in [-0.2, -0.15) is 0 Å². The van der Waals surface area contributed by atoms with Gasteiger partial charge in [-0.15, -0.1) is 11.3 Å². The third-order valence-electron chi connectivity index (χ3n) is 4.88. The first-order valence-corrected chi connectivity index (χ1v) is 10.9. The van der Waals surface area contributed by atoms with E-state index in [1.165, 1.54) is 25.2 Å². The van der Waals surface area contributed by atoms with E-state index in [4.69, 9.17) is 14.2 Å². The van der Waals surface area contributed by atoms with E-state index in [-0.39, 0.29) is 5.78 Å². The third-order valence-corrected chi connectivity index (χ3v) is 6.08. The SMILES string of the molecule is COc1ccc(C(=O)c2c(-c3ccc(OC(C)=O)cc3)sc3cc(OC(C)=O)ccc23)cc1. The van der Waals surface area contributed by atoms with Crippen molar-refractivity contribution in [3.63, 3.8) is 0 Å². The second kappa shape index (κ2) is 9.26. The fourth-order valence-corrected chi connectivity index (χ4v) is 4.70. The summed E-state index contributed by atoms with van der Waals surface area (Å²) in [5.41, 5.74) is 1.88. The first-order chi connectivity index (χ1) is 15.9. The summed E-state index contributed by atoms with van der Waals surface area (Å²) in [5, 5.41) is 0.760. The van der Waals surface area contributed by atoms with Crippen molar-refractivity contribution in [3.05, 3.63) is 77.9 Å². The van der Waals surface area contributed by atoms with Crippen LogP contribution < -0.4 is 14.2 Å². The van der Waals surface area contributed by atoms with Gasteiger partial charge in [0.15, 0.2) is 5.78 Å². The van der Waals surface area contributed by atoms with Gasteiger partial charge in [-0.1, -0.05) is 0 Å². The van der Waals surface area contributed by atoms with Gasteiger partial charge in [0.25, 0.3) is 0 Å². The first-order valence-electron chi connectivity index (χ1n) is 10.1. The maximum absolute atomic E-state index is 13.6. The van der Waals surface area contributed by atoms with Crippen LogP contribution in [0.5, 0.6) is 17.2 Å². The Hall–Kier alpha value is -3.97. The van der Waals surface area contributed by atoms with Crippen molar-refractivity contribution in [1.29, 1.82) is 0 Å². The molecule has 4 aromatic rings. The van der Waals surface area contributed by atoms with Crippen molar-refractivity contribution < 1.29 is 28.6 Å². The summed E-state index contributed by atoms with van der Waals surface area (Å²) < 4.78 is 16.4. The van der Waals surface area contributed by atoms with Crippen LogP contribution in [0.15, 0.2) is 66.7 Å². The summed E-state index contributed by atoms with van der Waals surface area (Å²) in [4.78, 5) is 37.0. The molecule has 1 heterocycles. The fraction of sp³-hybridized carbons (Fsp3) is 0.115. The van der Waals surface area contributed by atoms with Crippen molar-refractivity contribution in [2.75, 3.05) is 7.11 Å². The van der Waals surface area contributed by atoms with Crippen molar-refractivity contribution in [2.45, 2.75) is 13.8 Å². The molecule has 0 atom stereocenters. The number of rotatable bonds is 6. The standard InChI is InChI=1S/C26H20O6S/c1-15(27)31-20-10-6-18(7-11-20)26-24(25(29)17-4-8-19(30-3)9-5-17)22-13-12-21(32-16(2)28)14-23(22)33-26/h4-14H,1-3H3. The summed E-state index contributed by atoms with van der Waals surface area (Å²) in [7, 11) is 1.57. The van der Waals surface area contributed by atoms with Crippen LogP contribution in [0.2, 0.25) is 0 Å². The van der Waals surface area contributed by atoms with Crippen molar-refractivity contribution in [3.8, 4) is 27.7 Å². The van der Waals surface area contributed by atoms with Gasteiger partial charge in [-0.25, -0.2) is 0 Å². The summed E-state index contributed by atoms with van der Waals surface area (Å²) in [5.74, 6) is 0.543. The van der Waals surface area contributed by atoms with Crippen LogP contribution >= 0.6 is 11.3 Å². The Morgan fingerprint density at radius 3 is 1.91 bits per heavy atom. The number of thiophene rings is 1. The van der Waals surface area contributed by atoms with Crippen molar-refractivity contribution in [2.24, 2.45) is 0 Å². The molecule has 4 rings (SSSR count). The molecule has 7 heteroatoms. The summed E-state index contributed by atoms with van der Waals surface area (Å²) in [6.07, 6.45) is 0. The minimum atomic E-state index is -0.415. The van der Waals surface area contributed by atoms with Crippen LogP contribution in [0, 0.1) is 0 Å². The maximum Gasteiger partial charge on any atom is 0.308 e. The van der Waals surface area contributed by atoms with Gasteiger partial charge < -0.3 is 14.2 Å². The second-order valence-electron chi connectivity index (χ2n) is 7.23. The molecule has 0 amide bonds. The summed E-state index contributed by atoms with van der Waals surface area (Å²) in [6.45, 7) is 2.68. The van der Waals surface area contributed by atoms with Crippen molar-refractivity contribution in [1.82, 2.24) is 0 Å². The molecule has 0 N–H and O–H groups in total. The van der Waals surface area contributed by atoms with Crippen LogP contribution in [0.4, 0.5) is 0 Å². The number of hydrogen-bond donors (Lipinski definition) is 0. The minimum Gasteiger partial charge on any atom is -0.497 e. The average Bonchev–Trinajstić information content (AvgIpc) is 3.17. The fourth-order valence-electron chi connectivity index (χ4n) is 3.46. The number of benzene rings is 3. The number of hydrogen-bond acceptors (Lipinski definition) is 7. The van der Waals surface area contributed by atoms with Gasteiger partial charge in [-0.05, 0) is 72.3 Å². The Morgan fingerprint density at radius 1 is 0.727 bits per heavy atom. The normalized spacial score (nSPS) is 10.6. The van der Waals surface area contributed by atoms with E-state index < -0.39 is 11.9 Å². The molecule has 0 saturated heterocycles. The van der Waals surface area contributed by atoms with Gasteiger partial charge in [0, 0.05) is 39.9 Å². The molecule has 1 aromatic heterocycles. The summed E-state index contributed by atoms with van der Waals surface area (Å²) >= 11 is 1.42. The molecule has 33 heavy (non-hydrogen) atoms.